The van der Waals surface area contributed by atoms with Gasteiger partial charge in [-0.15, -0.1) is 0 Å². The van der Waals surface area contributed by atoms with E-state index in [1.165, 1.54) is 18.3 Å². The molecule has 1 heterocycles. The lowest BCUT2D eigenvalue weighted by Gasteiger charge is -2.24. The first-order chi connectivity index (χ1) is 15.7. The van der Waals surface area contributed by atoms with Crippen molar-refractivity contribution in [1.82, 2.24) is 15.6 Å². The first kappa shape index (κ1) is 25.3. The third kappa shape index (κ3) is 6.15. The Kier molecular flexibility index (Phi) is 6.77. The maximum absolute atomic E-state index is 14.0. The molecule has 1 aliphatic rings. The zero-order valence-electron chi connectivity index (χ0n) is 19.1. The number of amides is 2. The van der Waals surface area contributed by atoms with Crippen LogP contribution in [0.2, 0.25) is 0 Å². The van der Waals surface area contributed by atoms with E-state index in [-0.39, 0.29) is 5.69 Å². The minimum absolute atomic E-state index is 0.142. The molecule has 0 bridgehead atoms. The van der Waals surface area contributed by atoms with Crippen molar-refractivity contribution in [2.24, 2.45) is 0 Å². The molecule has 34 heavy (non-hydrogen) atoms. The van der Waals surface area contributed by atoms with Gasteiger partial charge in [-0.1, -0.05) is 6.07 Å². The van der Waals surface area contributed by atoms with Gasteiger partial charge in [0, 0.05) is 0 Å². The number of ether oxygens (including phenoxy) is 1. The standard InChI is InChI=1S/C23H26F4N4O3/c1-13(29-19(32)22(10-11-22)31-20(33)34-21(2,3)4)17-9-8-14(12-28-17)30-18-15(23(25,26)27)6-5-7-16(18)24/h5-9,12-13,30H,10-11H2,1-4H3,(H,29,32)(H,31,33). The summed E-state index contributed by atoms with van der Waals surface area (Å²) < 4.78 is 58.8. The third-order valence-corrected chi connectivity index (χ3v) is 5.09. The summed E-state index contributed by atoms with van der Waals surface area (Å²) in [6.45, 7) is 6.83. The zero-order chi connectivity index (χ0) is 25.3. The first-order valence-electron chi connectivity index (χ1n) is 10.6. The summed E-state index contributed by atoms with van der Waals surface area (Å²) in [5, 5.41) is 7.80. The van der Waals surface area contributed by atoms with Gasteiger partial charge < -0.3 is 20.7 Å². The molecule has 7 nitrogen and oxygen atoms in total. The van der Waals surface area contributed by atoms with Crippen LogP contribution in [0.15, 0.2) is 36.5 Å². The van der Waals surface area contributed by atoms with Crippen molar-refractivity contribution in [3.05, 3.63) is 53.6 Å². The molecule has 3 rings (SSSR count). The van der Waals surface area contributed by atoms with E-state index in [1.807, 2.05) is 0 Å². The lowest BCUT2D eigenvalue weighted by atomic mass is 10.1. The second kappa shape index (κ2) is 9.11. The van der Waals surface area contributed by atoms with Crippen molar-refractivity contribution in [3.63, 3.8) is 0 Å². The van der Waals surface area contributed by atoms with Crippen LogP contribution >= 0.6 is 0 Å². The minimum atomic E-state index is -4.73. The molecule has 0 spiro atoms. The van der Waals surface area contributed by atoms with Crippen LogP contribution in [0, 0.1) is 5.82 Å². The van der Waals surface area contributed by atoms with Crippen molar-refractivity contribution in [2.75, 3.05) is 5.32 Å². The maximum Gasteiger partial charge on any atom is 0.418 e. The lowest BCUT2D eigenvalue weighted by Crippen LogP contribution is -2.50. The molecule has 0 radical (unpaired) electrons. The molecule has 1 fully saturated rings. The van der Waals surface area contributed by atoms with Crippen molar-refractivity contribution in [3.8, 4) is 0 Å². The molecular formula is C23H26F4N4O3. The lowest BCUT2D eigenvalue weighted by molar-refractivity contribution is -0.137. The van der Waals surface area contributed by atoms with Crippen LogP contribution in [0.3, 0.4) is 0 Å². The zero-order valence-corrected chi connectivity index (χ0v) is 19.1. The van der Waals surface area contributed by atoms with E-state index in [2.05, 4.69) is 20.9 Å². The number of alkyl carbamates (subject to hydrolysis) is 1. The number of benzene rings is 1. The van der Waals surface area contributed by atoms with Crippen LogP contribution in [-0.4, -0.2) is 28.1 Å². The Bertz CT molecular complexity index is 1060. The fraction of sp³-hybridized carbons (Fsp3) is 0.435. The molecule has 1 unspecified atom stereocenters. The molecule has 2 aromatic rings. The number of hydrogen-bond acceptors (Lipinski definition) is 5. The van der Waals surface area contributed by atoms with Gasteiger partial charge in [0.15, 0.2) is 0 Å². The highest BCUT2D eigenvalue weighted by Crippen LogP contribution is 2.38. The highest BCUT2D eigenvalue weighted by Gasteiger charge is 2.52. The van der Waals surface area contributed by atoms with Crippen molar-refractivity contribution >= 4 is 23.4 Å². The van der Waals surface area contributed by atoms with Crippen LogP contribution in [-0.2, 0) is 15.7 Å². The quantitative estimate of drug-likeness (QED) is 0.491. The monoisotopic (exact) mass is 482 g/mol. The largest absolute Gasteiger partial charge is 0.444 e. The molecule has 11 heteroatoms. The summed E-state index contributed by atoms with van der Waals surface area (Å²) in [4.78, 5) is 28.9. The Morgan fingerprint density at radius 3 is 2.32 bits per heavy atom. The molecule has 1 saturated carbocycles. The molecular weight excluding hydrogens is 456 g/mol. The highest BCUT2D eigenvalue weighted by atomic mass is 19.4. The number of carbonyl (C=O) groups is 2. The summed E-state index contributed by atoms with van der Waals surface area (Å²) in [6.07, 6.45) is -3.25. The van der Waals surface area contributed by atoms with Gasteiger partial charge in [0.25, 0.3) is 0 Å². The minimum Gasteiger partial charge on any atom is -0.444 e. The van der Waals surface area contributed by atoms with Crippen molar-refractivity contribution in [2.45, 2.75) is 63.9 Å². The Morgan fingerprint density at radius 2 is 1.79 bits per heavy atom. The van der Waals surface area contributed by atoms with Crippen LogP contribution in [0.1, 0.15) is 57.8 Å². The van der Waals surface area contributed by atoms with Crippen molar-refractivity contribution < 1.29 is 31.9 Å². The molecule has 3 N–H and O–H groups in total. The van der Waals surface area contributed by atoms with E-state index < -0.39 is 52.4 Å². The summed E-state index contributed by atoms with van der Waals surface area (Å²) in [7, 11) is 0. The number of alkyl halides is 3. The van der Waals surface area contributed by atoms with Gasteiger partial charge >= 0.3 is 12.3 Å². The molecule has 1 atom stereocenters. The number of rotatable bonds is 6. The van der Waals surface area contributed by atoms with E-state index >= 15 is 0 Å². The van der Waals surface area contributed by atoms with Gasteiger partial charge in [-0.3, -0.25) is 9.78 Å². The smallest absolute Gasteiger partial charge is 0.418 e. The van der Waals surface area contributed by atoms with Crippen LogP contribution in [0.5, 0.6) is 0 Å². The van der Waals surface area contributed by atoms with Gasteiger partial charge in [0.1, 0.15) is 17.0 Å². The Morgan fingerprint density at radius 1 is 1.12 bits per heavy atom. The summed E-state index contributed by atoms with van der Waals surface area (Å²) >= 11 is 0. The normalized spacial score (nSPS) is 15.8. The van der Waals surface area contributed by atoms with Gasteiger partial charge in [0.05, 0.1) is 34.9 Å². The van der Waals surface area contributed by atoms with Crippen LogP contribution in [0.25, 0.3) is 0 Å². The Labute approximate surface area is 194 Å². The fourth-order valence-corrected chi connectivity index (χ4v) is 3.21. The topological polar surface area (TPSA) is 92.4 Å². The van der Waals surface area contributed by atoms with Gasteiger partial charge in [-0.2, -0.15) is 13.2 Å². The number of carbonyl (C=O) groups excluding carboxylic acids is 2. The number of halogens is 4. The SMILES string of the molecule is CC(NC(=O)C1(NC(=O)OC(C)(C)C)CC1)c1ccc(Nc2c(F)cccc2C(F)(F)F)cn1. The predicted octanol–water partition coefficient (Wildman–Crippen LogP) is 5.22. The molecule has 1 aromatic carbocycles. The summed E-state index contributed by atoms with van der Waals surface area (Å²) in [5.41, 5.74) is -3.01. The number of hydrogen-bond donors (Lipinski definition) is 3. The Balaban J connectivity index is 1.65. The number of nitrogens with one attached hydrogen (secondary N) is 3. The maximum atomic E-state index is 14.0. The number of para-hydroxylation sites is 1. The first-order valence-corrected chi connectivity index (χ1v) is 10.6. The van der Waals surface area contributed by atoms with E-state index in [1.54, 1.807) is 27.7 Å². The molecule has 1 aromatic heterocycles. The summed E-state index contributed by atoms with van der Waals surface area (Å²) in [6, 6.07) is 5.07. The molecule has 1 aliphatic carbocycles. The van der Waals surface area contributed by atoms with Gasteiger partial charge in [-0.25, -0.2) is 9.18 Å². The molecule has 2 amide bonds. The van der Waals surface area contributed by atoms with E-state index in [0.717, 1.165) is 18.2 Å². The predicted molar refractivity (Wildman–Crippen MR) is 117 cm³/mol. The van der Waals surface area contributed by atoms with Gasteiger partial charge in [0.2, 0.25) is 5.91 Å². The van der Waals surface area contributed by atoms with Crippen LogP contribution < -0.4 is 16.0 Å². The average Bonchev–Trinajstić information content (AvgIpc) is 3.48. The number of aromatic nitrogens is 1. The molecule has 0 saturated heterocycles. The summed E-state index contributed by atoms with van der Waals surface area (Å²) in [5.74, 6) is -1.44. The van der Waals surface area contributed by atoms with Crippen LogP contribution in [0.4, 0.5) is 33.7 Å². The van der Waals surface area contributed by atoms with E-state index in [4.69, 9.17) is 4.74 Å². The number of pyridine rings is 1. The second-order valence-electron chi connectivity index (χ2n) is 9.16. The third-order valence-electron chi connectivity index (χ3n) is 5.09. The molecule has 184 valence electrons. The van der Waals surface area contributed by atoms with E-state index in [0.29, 0.717) is 18.5 Å². The van der Waals surface area contributed by atoms with E-state index in [9.17, 15) is 27.2 Å². The number of anilines is 2. The fourth-order valence-electron chi connectivity index (χ4n) is 3.21. The molecule has 0 aliphatic heterocycles. The van der Waals surface area contributed by atoms with Crippen molar-refractivity contribution in [1.29, 1.82) is 0 Å². The number of nitrogens with zero attached hydrogens (tertiary/aromatic N) is 1. The highest BCUT2D eigenvalue weighted by molar-refractivity contribution is 5.93. The van der Waals surface area contributed by atoms with Gasteiger partial charge in [-0.05, 0) is 64.8 Å². The second-order valence-corrected chi connectivity index (χ2v) is 9.16. The Hall–Kier alpha value is -3.37. The average molecular weight is 482 g/mol.